The van der Waals surface area contributed by atoms with Gasteiger partial charge in [-0.1, -0.05) is 41.6 Å². The summed E-state index contributed by atoms with van der Waals surface area (Å²) in [6, 6.07) is 18.1. The summed E-state index contributed by atoms with van der Waals surface area (Å²) in [5.74, 6) is 1.22. The molecular weight excluding hydrogens is 434 g/mol. The highest BCUT2D eigenvalue weighted by Crippen LogP contribution is 2.35. The lowest BCUT2D eigenvalue weighted by Gasteiger charge is -2.19. The minimum absolute atomic E-state index is 0.248. The number of benzene rings is 2. The van der Waals surface area contributed by atoms with Crippen LogP contribution in [0, 0.1) is 11.3 Å². The molecule has 0 fully saturated rings. The molecule has 2 heterocycles. The van der Waals surface area contributed by atoms with Crippen LogP contribution < -0.4 is 9.64 Å². The quantitative estimate of drug-likeness (QED) is 0.481. The van der Waals surface area contributed by atoms with Gasteiger partial charge in [-0.3, -0.25) is 9.69 Å². The third-order valence-corrected chi connectivity index (χ3v) is 5.82. The highest BCUT2D eigenvalue weighted by molar-refractivity contribution is 8.13. The Morgan fingerprint density at radius 1 is 1.26 bits per heavy atom. The van der Waals surface area contributed by atoms with Crippen molar-refractivity contribution in [3.05, 3.63) is 88.5 Å². The third-order valence-electron chi connectivity index (χ3n) is 4.54. The fourth-order valence-electron chi connectivity index (χ4n) is 3.02. The SMILES string of the molecule is COc1ccc(N2C(=O)/C(=C\c3ccco3)N=C2SCc2ccccc2C#N)cc1Cl. The number of furan rings is 1. The standard InChI is InChI=1S/C23H16ClN3O3S/c1-29-21-9-8-17(11-19(21)24)27-22(28)20(12-18-7-4-10-30-18)26-23(27)31-14-16-6-3-2-5-15(16)13-25/h2-12H,14H2,1H3/b20-12+. The van der Waals surface area contributed by atoms with Gasteiger partial charge >= 0.3 is 0 Å². The molecule has 0 saturated heterocycles. The van der Waals surface area contributed by atoms with Crippen LogP contribution in [0.3, 0.4) is 0 Å². The predicted octanol–water partition coefficient (Wildman–Crippen LogP) is 5.49. The van der Waals surface area contributed by atoms with Crippen molar-refractivity contribution in [3.63, 3.8) is 0 Å². The maximum atomic E-state index is 13.2. The Kier molecular flexibility index (Phi) is 6.12. The van der Waals surface area contributed by atoms with Crippen molar-refractivity contribution in [2.24, 2.45) is 4.99 Å². The molecule has 0 unspecified atom stereocenters. The highest BCUT2D eigenvalue weighted by Gasteiger charge is 2.32. The van der Waals surface area contributed by atoms with Crippen LogP contribution in [-0.2, 0) is 10.5 Å². The van der Waals surface area contributed by atoms with Crippen LogP contribution in [0.15, 0.2) is 76.0 Å². The molecule has 4 rings (SSSR count). The number of hydrogen-bond acceptors (Lipinski definition) is 6. The summed E-state index contributed by atoms with van der Waals surface area (Å²) in [6.07, 6.45) is 3.13. The van der Waals surface area contributed by atoms with Gasteiger partial charge in [0.25, 0.3) is 5.91 Å². The third kappa shape index (κ3) is 4.36. The molecule has 1 amide bonds. The summed E-state index contributed by atoms with van der Waals surface area (Å²) in [5.41, 5.74) is 2.27. The number of methoxy groups -OCH3 is 1. The van der Waals surface area contributed by atoms with Crippen LogP contribution in [0.1, 0.15) is 16.9 Å². The van der Waals surface area contributed by atoms with Crippen molar-refractivity contribution >= 4 is 46.2 Å². The van der Waals surface area contributed by atoms with E-state index >= 15 is 0 Å². The molecule has 1 aliphatic heterocycles. The van der Waals surface area contributed by atoms with Crippen LogP contribution in [-0.4, -0.2) is 18.2 Å². The van der Waals surface area contributed by atoms with Gasteiger partial charge in [-0.05, 0) is 42.0 Å². The first kappa shape index (κ1) is 20.8. The van der Waals surface area contributed by atoms with E-state index in [2.05, 4.69) is 11.1 Å². The molecule has 2 aromatic carbocycles. The van der Waals surface area contributed by atoms with Gasteiger partial charge in [-0.2, -0.15) is 5.26 Å². The normalized spacial score (nSPS) is 14.6. The average molecular weight is 450 g/mol. The molecule has 0 atom stereocenters. The first-order chi connectivity index (χ1) is 15.1. The van der Waals surface area contributed by atoms with Crippen molar-refractivity contribution in [2.75, 3.05) is 12.0 Å². The number of hydrogen-bond donors (Lipinski definition) is 0. The summed E-state index contributed by atoms with van der Waals surface area (Å²) in [6.45, 7) is 0. The molecule has 1 aromatic heterocycles. The van der Waals surface area contributed by atoms with Crippen LogP contribution in [0.25, 0.3) is 6.08 Å². The summed E-state index contributed by atoms with van der Waals surface area (Å²) >= 11 is 7.66. The first-order valence-electron chi connectivity index (χ1n) is 9.23. The van der Waals surface area contributed by atoms with Gasteiger partial charge in [-0.15, -0.1) is 0 Å². The molecule has 0 radical (unpaired) electrons. The van der Waals surface area contributed by atoms with Gasteiger partial charge in [0, 0.05) is 11.8 Å². The second-order valence-corrected chi connectivity index (χ2v) is 7.81. The fraction of sp³-hybridized carbons (Fsp3) is 0.0870. The Labute approximate surface area is 188 Å². The van der Waals surface area contributed by atoms with Crippen molar-refractivity contribution in [3.8, 4) is 11.8 Å². The lowest BCUT2D eigenvalue weighted by molar-refractivity contribution is -0.113. The Bertz CT molecular complexity index is 1230. The van der Waals surface area contributed by atoms with Gasteiger partial charge in [0.1, 0.15) is 17.2 Å². The van der Waals surface area contributed by atoms with E-state index in [1.165, 1.54) is 30.0 Å². The minimum atomic E-state index is -0.297. The second-order valence-electron chi connectivity index (χ2n) is 6.46. The van der Waals surface area contributed by atoms with E-state index in [0.717, 1.165) is 5.56 Å². The van der Waals surface area contributed by atoms with Gasteiger partial charge < -0.3 is 9.15 Å². The monoisotopic (exact) mass is 449 g/mol. The average Bonchev–Trinajstić information content (AvgIpc) is 3.40. The molecular formula is C23H16ClN3O3S. The van der Waals surface area contributed by atoms with E-state index in [4.69, 9.17) is 20.8 Å². The van der Waals surface area contributed by atoms with Crippen LogP contribution in [0.2, 0.25) is 5.02 Å². The zero-order valence-electron chi connectivity index (χ0n) is 16.4. The zero-order valence-corrected chi connectivity index (χ0v) is 18.0. The highest BCUT2D eigenvalue weighted by atomic mass is 35.5. The molecule has 0 saturated carbocycles. The maximum Gasteiger partial charge on any atom is 0.283 e. The minimum Gasteiger partial charge on any atom is -0.495 e. The fourth-order valence-corrected chi connectivity index (χ4v) is 4.29. The van der Waals surface area contributed by atoms with E-state index in [0.29, 0.717) is 38.7 Å². The van der Waals surface area contributed by atoms with Crippen molar-refractivity contribution in [2.45, 2.75) is 5.75 Å². The Hall–Kier alpha value is -3.47. The summed E-state index contributed by atoms with van der Waals surface area (Å²) in [5, 5.41) is 10.2. The number of nitrogens with zero attached hydrogens (tertiary/aromatic N) is 3. The van der Waals surface area contributed by atoms with Gasteiger partial charge in [-0.25, -0.2) is 4.99 Å². The predicted molar refractivity (Wildman–Crippen MR) is 122 cm³/mol. The summed E-state index contributed by atoms with van der Waals surface area (Å²) < 4.78 is 10.5. The Balaban J connectivity index is 1.69. The summed E-state index contributed by atoms with van der Waals surface area (Å²) in [7, 11) is 1.53. The van der Waals surface area contributed by atoms with Gasteiger partial charge in [0.05, 0.1) is 35.7 Å². The summed E-state index contributed by atoms with van der Waals surface area (Å²) in [4.78, 5) is 19.2. The molecule has 0 spiro atoms. The molecule has 0 aliphatic carbocycles. The van der Waals surface area contributed by atoms with E-state index in [9.17, 15) is 10.1 Å². The molecule has 1 aliphatic rings. The number of halogens is 1. The van der Waals surface area contributed by atoms with E-state index in [-0.39, 0.29) is 11.6 Å². The number of amides is 1. The smallest absolute Gasteiger partial charge is 0.283 e. The Morgan fingerprint density at radius 2 is 2.10 bits per heavy atom. The molecule has 3 aromatic rings. The van der Waals surface area contributed by atoms with Crippen molar-refractivity contribution < 1.29 is 13.9 Å². The first-order valence-corrected chi connectivity index (χ1v) is 10.6. The van der Waals surface area contributed by atoms with Crippen LogP contribution in [0.4, 0.5) is 5.69 Å². The molecule has 154 valence electrons. The number of nitriles is 1. The molecule has 31 heavy (non-hydrogen) atoms. The topological polar surface area (TPSA) is 78.8 Å². The zero-order chi connectivity index (χ0) is 21.8. The molecule has 6 nitrogen and oxygen atoms in total. The van der Waals surface area contributed by atoms with E-state index in [1.807, 2.05) is 18.2 Å². The number of amidine groups is 1. The van der Waals surface area contributed by atoms with Gasteiger partial charge in [0.15, 0.2) is 5.17 Å². The number of thioether (sulfide) groups is 1. The maximum absolute atomic E-state index is 13.2. The van der Waals surface area contributed by atoms with Crippen molar-refractivity contribution in [1.29, 1.82) is 5.26 Å². The van der Waals surface area contributed by atoms with Gasteiger partial charge in [0.2, 0.25) is 0 Å². The van der Waals surface area contributed by atoms with Crippen LogP contribution in [0.5, 0.6) is 5.75 Å². The number of carbonyl (C=O) groups excluding carboxylic acids is 1. The Morgan fingerprint density at radius 3 is 2.81 bits per heavy atom. The lowest BCUT2D eigenvalue weighted by Crippen LogP contribution is -2.30. The second kappa shape index (κ2) is 9.13. The number of ether oxygens (including phenoxy) is 1. The number of anilines is 1. The number of carbonyl (C=O) groups is 1. The molecule has 0 bridgehead atoms. The number of rotatable bonds is 5. The van der Waals surface area contributed by atoms with E-state index < -0.39 is 0 Å². The van der Waals surface area contributed by atoms with E-state index in [1.54, 1.807) is 42.5 Å². The van der Waals surface area contributed by atoms with Crippen molar-refractivity contribution in [1.82, 2.24) is 0 Å². The van der Waals surface area contributed by atoms with Crippen LogP contribution >= 0.6 is 23.4 Å². The lowest BCUT2D eigenvalue weighted by atomic mass is 10.1. The largest absolute Gasteiger partial charge is 0.495 e. The number of aliphatic imine (C=N–C) groups is 1. The molecule has 0 N–H and O–H groups in total. The molecule has 8 heteroatoms.